The number of aliphatic hydroxyl groups excluding tert-OH is 1. The number of benzene rings is 3. The lowest BCUT2D eigenvalue weighted by Gasteiger charge is -2.43. The highest BCUT2D eigenvalue weighted by molar-refractivity contribution is 5.70. The van der Waals surface area contributed by atoms with Gasteiger partial charge < -0.3 is 14.7 Å². The van der Waals surface area contributed by atoms with Crippen LogP contribution in [0.1, 0.15) is 43.4 Å². The Labute approximate surface area is 188 Å². The van der Waals surface area contributed by atoms with Gasteiger partial charge in [0.05, 0.1) is 6.04 Å². The predicted molar refractivity (Wildman–Crippen MR) is 122 cm³/mol. The van der Waals surface area contributed by atoms with Gasteiger partial charge in [-0.2, -0.15) is 0 Å². The molecule has 4 rings (SSSR count). The van der Waals surface area contributed by atoms with Gasteiger partial charge in [0.15, 0.2) is 0 Å². The zero-order chi connectivity index (χ0) is 22.6. The van der Waals surface area contributed by atoms with E-state index in [-0.39, 0.29) is 24.6 Å². The molecule has 0 aliphatic carbocycles. The molecule has 0 bridgehead atoms. The first-order valence-corrected chi connectivity index (χ1v) is 11.0. The summed E-state index contributed by atoms with van der Waals surface area (Å²) in [6, 6.07) is 24.1. The van der Waals surface area contributed by atoms with Gasteiger partial charge in [-0.3, -0.25) is 0 Å². The Morgan fingerprint density at radius 2 is 1.62 bits per heavy atom. The maximum atomic E-state index is 13.2. The van der Waals surface area contributed by atoms with Crippen LogP contribution in [-0.2, 0) is 10.3 Å². The van der Waals surface area contributed by atoms with Gasteiger partial charge in [0.25, 0.3) is 0 Å². The maximum Gasteiger partial charge on any atom is 0.411 e. The summed E-state index contributed by atoms with van der Waals surface area (Å²) in [5.74, 6) is -0.256. The van der Waals surface area contributed by atoms with Crippen LogP contribution in [0.5, 0.6) is 0 Å². The third-order valence-corrected chi connectivity index (χ3v) is 6.35. The molecule has 1 heterocycles. The van der Waals surface area contributed by atoms with E-state index in [0.717, 1.165) is 22.3 Å². The van der Waals surface area contributed by atoms with E-state index in [2.05, 4.69) is 0 Å². The lowest BCUT2D eigenvalue weighted by molar-refractivity contribution is -0.0680. The monoisotopic (exact) mass is 433 g/mol. The Morgan fingerprint density at radius 1 is 1.00 bits per heavy atom. The number of carbonyl (C=O) groups is 1. The number of ether oxygens (including phenoxy) is 1. The molecule has 4 nitrogen and oxygen atoms in total. The summed E-state index contributed by atoms with van der Waals surface area (Å²) in [4.78, 5) is 14.8. The van der Waals surface area contributed by atoms with Crippen LogP contribution in [0.25, 0.3) is 11.1 Å². The number of hydrogen-bond acceptors (Lipinski definition) is 3. The van der Waals surface area contributed by atoms with Crippen LogP contribution in [0.3, 0.4) is 0 Å². The van der Waals surface area contributed by atoms with E-state index in [1.807, 2.05) is 61.5 Å². The first-order chi connectivity index (χ1) is 15.5. The van der Waals surface area contributed by atoms with Gasteiger partial charge >= 0.3 is 6.09 Å². The number of cyclic esters (lactones) is 1. The van der Waals surface area contributed by atoms with Crippen molar-refractivity contribution in [2.24, 2.45) is 0 Å². The van der Waals surface area contributed by atoms with Gasteiger partial charge in [-0.15, -0.1) is 0 Å². The van der Waals surface area contributed by atoms with Crippen molar-refractivity contribution < 1.29 is 19.0 Å². The molecule has 0 radical (unpaired) electrons. The summed E-state index contributed by atoms with van der Waals surface area (Å²) in [6.45, 7) is 2.63. The average Bonchev–Trinajstić information content (AvgIpc) is 2.83. The van der Waals surface area contributed by atoms with Gasteiger partial charge in [0.2, 0.25) is 0 Å². The third-order valence-electron chi connectivity index (χ3n) is 6.35. The molecule has 166 valence electrons. The van der Waals surface area contributed by atoms with E-state index in [1.54, 1.807) is 17.0 Å². The van der Waals surface area contributed by atoms with Crippen molar-refractivity contribution in [3.05, 3.63) is 95.8 Å². The van der Waals surface area contributed by atoms with Crippen LogP contribution in [0.15, 0.2) is 78.9 Å². The summed E-state index contributed by atoms with van der Waals surface area (Å²) in [7, 11) is 0. The lowest BCUT2D eigenvalue weighted by atomic mass is 9.84. The fraction of sp³-hybridized carbons (Fsp3) is 0.296. The largest absolute Gasteiger partial charge is 0.438 e. The summed E-state index contributed by atoms with van der Waals surface area (Å²) < 4.78 is 19.2. The van der Waals surface area contributed by atoms with Crippen molar-refractivity contribution in [3.8, 4) is 11.1 Å². The van der Waals surface area contributed by atoms with Crippen molar-refractivity contribution in [1.82, 2.24) is 4.90 Å². The molecule has 5 heteroatoms. The van der Waals surface area contributed by atoms with Gasteiger partial charge in [-0.05, 0) is 54.2 Å². The maximum absolute atomic E-state index is 13.2. The zero-order valence-electron chi connectivity index (χ0n) is 18.2. The van der Waals surface area contributed by atoms with Crippen LogP contribution in [0.2, 0.25) is 0 Å². The Kier molecular flexibility index (Phi) is 6.56. The minimum atomic E-state index is -0.705. The molecule has 1 N–H and O–H groups in total. The van der Waals surface area contributed by atoms with E-state index >= 15 is 0 Å². The zero-order valence-corrected chi connectivity index (χ0v) is 18.2. The van der Waals surface area contributed by atoms with Crippen LogP contribution in [-0.4, -0.2) is 29.3 Å². The molecule has 3 aromatic carbocycles. The third kappa shape index (κ3) is 4.53. The second-order valence-electron chi connectivity index (χ2n) is 8.30. The number of nitrogens with zero attached hydrogens (tertiary/aromatic N) is 1. The topological polar surface area (TPSA) is 49.8 Å². The number of amides is 1. The summed E-state index contributed by atoms with van der Waals surface area (Å²) in [5, 5.41) is 9.36. The van der Waals surface area contributed by atoms with E-state index in [1.165, 1.54) is 12.1 Å². The quantitative estimate of drug-likeness (QED) is 0.492. The van der Waals surface area contributed by atoms with Gasteiger partial charge in [0.1, 0.15) is 11.4 Å². The SMILES string of the molecule is C[C@@H](c1ccc(-c2ccc(F)cc2)cc1)N1CCC(CCCO)(c2ccccc2)OC1=O. The van der Waals surface area contributed by atoms with E-state index in [0.29, 0.717) is 25.8 Å². The standard InChI is InChI=1S/C27H28FNO3/c1-20(21-8-10-22(11-9-21)23-12-14-25(28)15-13-23)29-18-17-27(16-5-19-30,32-26(29)31)24-6-3-2-4-7-24/h2-4,6-15,20,30H,5,16-19H2,1H3/t20-,27?/m0/s1. The molecule has 1 fully saturated rings. The van der Waals surface area contributed by atoms with Gasteiger partial charge in [-0.25, -0.2) is 9.18 Å². The van der Waals surface area contributed by atoms with Crippen molar-refractivity contribution in [1.29, 1.82) is 0 Å². The van der Waals surface area contributed by atoms with Crippen molar-refractivity contribution in [2.45, 2.75) is 37.8 Å². The number of rotatable bonds is 7. The Bertz CT molecular complexity index is 1040. The molecule has 1 unspecified atom stereocenters. The highest BCUT2D eigenvalue weighted by Gasteiger charge is 2.43. The minimum absolute atomic E-state index is 0.0622. The number of hydrogen-bond donors (Lipinski definition) is 1. The summed E-state index contributed by atoms with van der Waals surface area (Å²) >= 11 is 0. The second kappa shape index (κ2) is 9.53. The molecule has 1 amide bonds. The highest BCUT2D eigenvalue weighted by Crippen LogP contribution is 2.40. The van der Waals surface area contributed by atoms with Crippen molar-refractivity contribution in [3.63, 3.8) is 0 Å². The fourth-order valence-electron chi connectivity index (χ4n) is 4.43. The summed E-state index contributed by atoms with van der Waals surface area (Å²) in [5.41, 5.74) is 3.21. The number of aliphatic hydroxyl groups is 1. The molecule has 2 atom stereocenters. The van der Waals surface area contributed by atoms with Crippen molar-refractivity contribution in [2.75, 3.05) is 13.2 Å². The Hall–Kier alpha value is -3.18. The van der Waals surface area contributed by atoms with E-state index in [9.17, 15) is 14.3 Å². The highest BCUT2D eigenvalue weighted by atomic mass is 19.1. The van der Waals surface area contributed by atoms with Crippen molar-refractivity contribution >= 4 is 6.09 Å². The first-order valence-electron chi connectivity index (χ1n) is 11.0. The fourth-order valence-corrected chi connectivity index (χ4v) is 4.43. The minimum Gasteiger partial charge on any atom is -0.438 e. The molecule has 1 aliphatic heterocycles. The molecule has 1 saturated heterocycles. The molecular formula is C27H28FNO3. The normalized spacial score (nSPS) is 19.5. The van der Waals surface area contributed by atoms with Crippen LogP contribution < -0.4 is 0 Å². The lowest BCUT2D eigenvalue weighted by Crippen LogP contribution is -2.48. The molecule has 0 spiro atoms. The Morgan fingerprint density at radius 3 is 2.22 bits per heavy atom. The molecule has 3 aromatic rings. The van der Waals surface area contributed by atoms with Crippen LogP contribution >= 0.6 is 0 Å². The molecular weight excluding hydrogens is 405 g/mol. The van der Waals surface area contributed by atoms with Crippen LogP contribution in [0.4, 0.5) is 9.18 Å². The van der Waals surface area contributed by atoms with Gasteiger partial charge in [0, 0.05) is 19.6 Å². The molecule has 1 aliphatic rings. The summed E-state index contributed by atoms with van der Waals surface area (Å²) in [6.07, 6.45) is 1.49. The molecule has 32 heavy (non-hydrogen) atoms. The van der Waals surface area contributed by atoms with E-state index in [4.69, 9.17) is 4.74 Å². The molecule has 0 aromatic heterocycles. The van der Waals surface area contributed by atoms with Gasteiger partial charge in [-0.1, -0.05) is 66.7 Å². The second-order valence-corrected chi connectivity index (χ2v) is 8.30. The van der Waals surface area contributed by atoms with Crippen LogP contribution in [0, 0.1) is 5.82 Å². The predicted octanol–water partition coefficient (Wildman–Crippen LogP) is 6.06. The number of carbonyl (C=O) groups excluding carboxylic acids is 1. The van der Waals surface area contributed by atoms with E-state index < -0.39 is 5.60 Å². The molecule has 0 saturated carbocycles. The smallest absolute Gasteiger partial charge is 0.411 e. The Balaban J connectivity index is 1.50. The average molecular weight is 434 g/mol. The number of halogens is 1. The first kappa shape index (κ1) is 22.0.